The first-order chi connectivity index (χ1) is 65.8. The molecule has 3 fully saturated rings. The fraction of sp³-hybridized carbons (Fsp3) is 0.522. The lowest BCUT2D eigenvalue weighted by atomic mass is 9.85. The highest BCUT2D eigenvalue weighted by Crippen LogP contribution is 2.36. The van der Waals surface area contributed by atoms with Crippen molar-refractivity contribution in [2.45, 2.75) is 234 Å². The minimum absolute atomic E-state index is 0.00333. The van der Waals surface area contributed by atoms with Crippen LogP contribution < -0.4 is 81.4 Å². The number of thioether (sulfide) groups is 1. The Kier molecular flexibility index (Phi) is 40.8. The molecule has 16 atom stereocenters. The van der Waals surface area contributed by atoms with Crippen molar-refractivity contribution in [3.8, 4) is 0 Å². The van der Waals surface area contributed by atoms with E-state index in [1.54, 1.807) is 73.1 Å². The topological polar surface area (TPSA) is 681 Å². The normalized spacial score (nSPS) is 24.9. The number of fused-ring (bicyclic) bond motifs is 4. The van der Waals surface area contributed by atoms with Crippen molar-refractivity contribution in [2.24, 2.45) is 34.8 Å². The van der Waals surface area contributed by atoms with E-state index in [-0.39, 0.29) is 96.0 Å². The Morgan fingerprint density at radius 1 is 0.551 bits per heavy atom. The number of aliphatic hydroxyl groups is 1. The van der Waals surface area contributed by atoms with Gasteiger partial charge in [0.05, 0.1) is 43.1 Å². The number of H-pyrrole nitrogens is 3. The molecule has 0 bridgehead atoms. The number of Topliss-reactive ketones (excluding diaryl/α,β-unsaturated/α-hetero) is 1. The Morgan fingerprint density at radius 2 is 1.09 bits per heavy atom. The van der Waals surface area contributed by atoms with E-state index in [1.807, 2.05) is 13.8 Å². The molecule has 1 unspecified atom stereocenters. The number of hydrogen-bond donors (Lipinski definition) is 21. The number of nitrogens with two attached hydrogens (primary N) is 4. The summed E-state index contributed by atoms with van der Waals surface area (Å²) in [5, 5.41) is 60.2. The number of unbranched alkanes of at least 4 members (excludes halogenated alkanes) is 2. The summed E-state index contributed by atoms with van der Waals surface area (Å²) in [5.74, 6) is -22.0. The maximum Gasteiger partial charge on any atom is 0.303 e. The van der Waals surface area contributed by atoms with Gasteiger partial charge in [-0.2, -0.15) is 0 Å². The van der Waals surface area contributed by atoms with Gasteiger partial charge in [0, 0.05) is 129 Å². The van der Waals surface area contributed by atoms with Gasteiger partial charge in [-0.1, -0.05) is 99.7 Å². The second-order valence-corrected chi connectivity index (χ2v) is 36.4. The summed E-state index contributed by atoms with van der Waals surface area (Å²) >= 11 is 7.03. The number of nitrogens with zero attached hydrogens (tertiary/aromatic N) is 5. The van der Waals surface area contributed by atoms with Crippen LogP contribution in [0, 0.1) is 17.2 Å². The number of likely N-dealkylation sites (N-methyl/N-ethyl adjacent to an activating group) is 3. The molecular weight excluding hydrogens is 1830 g/mol. The number of nitrogens with one attached hydrogen (secondary N) is 15. The molecule has 25 N–H and O–H groups in total. The number of para-hydroxylation sites is 2. The van der Waals surface area contributed by atoms with E-state index >= 15 is 38.4 Å². The van der Waals surface area contributed by atoms with E-state index < -0.39 is 259 Å². The van der Waals surface area contributed by atoms with E-state index in [4.69, 9.17) is 39.9 Å². The summed E-state index contributed by atoms with van der Waals surface area (Å²) in [7, 11) is 3.93. The van der Waals surface area contributed by atoms with Crippen LogP contribution in [0.3, 0.4) is 0 Å². The fourth-order valence-electron chi connectivity index (χ4n) is 17.3. The molecule has 5 heterocycles. The van der Waals surface area contributed by atoms with Crippen molar-refractivity contribution in [3.05, 3.63) is 125 Å². The second kappa shape index (κ2) is 52.1. The number of aromatic nitrogens is 4. The number of rotatable bonds is 28. The molecule has 1 aliphatic carbocycles. The van der Waals surface area contributed by atoms with Gasteiger partial charge in [-0.25, -0.2) is 4.98 Å². The monoisotopic (exact) mass is 1950 g/mol. The summed E-state index contributed by atoms with van der Waals surface area (Å²) in [6, 6.07) is -0.155. The smallest absolute Gasteiger partial charge is 0.303 e. The lowest BCUT2D eigenvalue weighted by molar-refractivity contribution is -0.149. The van der Waals surface area contributed by atoms with Gasteiger partial charge in [0.25, 0.3) is 0 Å². The van der Waals surface area contributed by atoms with Gasteiger partial charge in [0.2, 0.25) is 94.5 Å². The van der Waals surface area contributed by atoms with Crippen LogP contribution in [0.5, 0.6) is 0 Å². The van der Waals surface area contributed by atoms with E-state index in [1.165, 1.54) is 52.7 Å². The second-order valence-electron chi connectivity index (χ2n) is 35.0. The number of amides is 16. The van der Waals surface area contributed by atoms with E-state index in [0.717, 1.165) is 31.4 Å². The highest BCUT2D eigenvalue weighted by atomic mass is 35.5. The molecule has 2 aliphatic heterocycles. The zero-order valence-electron chi connectivity index (χ0n) is 77.9. The standard InChI is InChI=1S/C92H127ClN24O20S/c1-7-9-22-71-86(132)108-63(21-15-33-100-92(97)98)82(128)113-70(81(127)103-45-75(96)120)46-138-47-76(121)105-67(35-50-25-27-53(93)28-26-50)88(134)114(4)49(3)79(125)111-69(41-74(95)119)90(136)117-34-16-24-72(117)87(133)110-66(38-54-44-99-48-104-54)85(131)106-62(29-30-77(122)123)78(124)58-39-55(118)40-59(58)80(126)109-65(36-51-42-101-60-19-13-11-17-56(51)60)84(130)107-64(31-32-94)83(129)112-68(37-52-43-102-61-20-14-12-18-57(52)61)89(135)116(6)73(23-10-8-2)91(137)115(71)5/h11-14,17-20,25-28,42-44,48-49,55,58-59,62-73,101-102,118H,7-10,15-16,21-24,29-41,45-47,94H2,1-6H3,(H2,95,119)(H2,96,120)(H,99,104)(H,103,127)(H,105,121)(H,106,131)(H,107,130)(H,108,132)(H,109,126)(H,110,133)(H,111,125)(H,112,129)(H,113,128)(H,122,123)(H4,97,98,100)/t49-,55-,58?,59+,62-,63-,64-,65-,66-,67-,68-,69-,70-,71-,72-,73-/m0/s1. The van der Waals surface area contributed by atoms with Crippen molar-refractivity contribution >= 4 is 157 Å². The van der Waals surface area contributed by atoms with Crippen LogP contribution in [0.2, 0.25) is 5.02 Å². The van der Waals surface area contributed by atoms with Crippen molar-refractivity contribution < 1.29 is 96.5 Å². The van der Waals surface area contributed by atoms with Crippen molar-refractivity contribution in [1.82, 2.24) is 98.0 Å². The third kappa shape index (κ3) is 30.5. The number of aliphatic hydroxyl groups excluding tert-OH is 1. The number of halogens is 1. The summed E-state index contributed by atoms with van der Waals surface area (Å²) in [6.07, 6.45) is 1.47. The molecule has 6 aromatic rings. The number of carbonyl (C=O) groups is 18. The highest BCUT2D eigenvalue weighted by molar-refractivity contribution is 8.00. The quantitative estimate of drug-likeness (QED) is 0.0146. The number of aromatic amines is 3. The first-order valence-electron chi connectivity index (χ1n) is 46.1. The third-order valence-electron chi connectivity index (χ3n) is 24.9. The van der Waals surface area contributed by atoms with E-state index in [9.17, 15) is 58.2 Å². The van der Waals surface area contributed by atoms with Crippen LogP contribution >= 0.6 is 23.4 Å². The van der Waals surface area contributed by atoms with Crippen LogP contribution in [-0.4, -0.2) is 305 Å². The maximum absolute atomic E-state index is 15.9. The van der Waals surface area contributed by atoms with Crippen LogP contribution in [0.4, 0.5) is 0 Å². The largest absolute Gasteiger partial charge is 0.481 e. The molecule has 3 aliphatic rings. The molecule has 1 saturated carbocycles. The summed E-state index contributed by atoms with van der Waals surface area (Å²) < 4.78 is 0. The minimum atomic E-state index is -1.81. The highest BCUT2D eigenvalue weighted by Gasteiger charge is 2.48. The predicted octanol–water partition coefficient (Wildman–Crippen LogP) is -1.81. The fourth-order valence-corrected chi connectivity index (χ4v) is 18.2. The lowest BCUT2D eigenvalue weighted by Gasteiger charge is -2.36. The van der Waals surface area contributed by atoms with Gasteiger partial charge in [-0.15, -0.1) is 11.8 Å². The molecular formula is C92H127ClN24O20S. The Bertz CT molecular complexity index is 5350. The summed E-state index contributed by atoms with van der Waals surface area (Å²) in [4.78, 5) is 282. The van der Waals surface area contributed by atoms with E-state index in [0.29, 0.717) is 69.2 Å². The molecule has 138 heavy (non-hydrogen) atoms. The number of benzene rings is 3. The van der Waals surface area contributed by atoms with Crippen LogP contribution in [0.25, 0.3) is 21.8 Å². The number of carboxylic acids is 1. The van der Waals surface area contributed by atoms with Gasteiger partial charge < -0.3 is 126 Å². The number of carbonyl (C=O) groups excluding carboxylic acids is 17. The number of hydrogen-bond acceptors (Lipinski definition) is 23. The van der Waals surface area contributed by atoms with Gasteiger partial charge in [0.15, 0.2) is 11.7 Å². The molecule has 16 amide bonds. The Balaban J connectivity index is 1.11. The molecule has 9 rings (SSSR count). The van der Waals surface area contributed by atoms with Crippen LogP contribution in [-0.2, 0) is 112 Å². The Labute approximate surface area is 805 Å². The molecule has 0 radical (unpaired) electrons. The number of primary amides is 2. The van der Waals surface area contributed by atoms with Crippen LogP contribution in [0.15, 0.2) is 97.7 Å². The zero-order chi connectivity index (χ0) is 101. The third-order valence-corrected chi connectivity index (χ3v) is 26.2. The van der Waals surface area contributed by atoms with Crippen molar-refractivity contribution in [2.75, 3.05) is 58.8 Å². The number of aliphatic carboxylic acids is 1. The molecule has 44 nitrogen and oxygen atoms in total. The molecule has 0 spiro atoms. The van der Waals surface area contributed by atoms with Gasteiger partial charge >= 0.3 is 5.97 Å². The first kappa shape index (κ1) is 108. The molecule has 3 aromatic heterocycles. The summed E-state index contributed by atoms with van der Waals surface area (Å²) in [6.45, 7) is 3.79. The number of guanidine groups is 1. The average Bonchev–Trinajstić information content (AvgIpc) is 1.70. The first-order valence-corrected chi connectivity index (χ1v) is 47.6. The molecule has 748 valence electrons. The summed E-state index contributed by atoms with van der Waals surface area (Å²) in [5.41, 5.74) is 26.1. The SMILES string of the molecule is CCCC[C@H]1C(=O)N(C)[C@@H](CCCC)C(=O)N[C@@H](CCCNC(=N)N)C(=O)N[C@H](C(=O)NCC(N)=O)CSCC(=O)N[C@@H](Cc2ccc(Cl)cc2)C(=O)N(C)[C@@H](C)C(=O)N[C@@H](CC(N)=O)C(=O)N2CCC[C@H]2C(=O)N[C@@H](Cc2cnc[nH]2)C(=O)N[C@@H](CCC(=O)O)C(=O)C2C[C@H](O)C[C@H]2C(=O)N[C@@H](Cc2c[nH]c3ccccc23)C(=O)N[C@@H](CCN)C(=O)N[C@@H](Cc2c[nH]c3ccccc23)C(=O)N1C. The molecule has 46 heteroatoms. The lowest BCUT2D eigenvalue weighted by Crippen LogP contribution is -2.61. The van der Waals surface area contributed by atoms with E-state index in [2.05, 4.69) is 78.4 Å². The number of carboxylic acid groups (broad SMARTS) is 1. The minimum Gasteiger partial charge on any atom is -0.481 e. The van der Waals surface area contributed by atoms with Gasteiger partial charge in [0.1, 0.15) is 72.5 Å². The van der Waals surface area contributed by atoms with Crippen molar-refractivity contribution in [1.29, 1.82) is 5.41 Å². The van der Waals surface area contributed by atoms with Gasteiger partial charge in [-0.05, 0) is 119 Å². The number of ketones is 1. The predicted molar refractivity (Wildman–Crippen MR) is 508 cm³/mol. The Morgan fingerprint density at radius 3 is 1.70 bits per heavy atom. The van der Waals surface area contributed by atoms with Crippen molar-refractivity contribution in [3.63, 3.8) is 0 Å². The average molecular weight is 1960 g/mol. The maximum atomic E-state index is 15.9. The molecule has 3 aromatic carbocycles. The van der Waals surface area contributed by atoms with Crippen LogP contribution in [0.1, 0.15) is 146 Å². The molecule has 2 saturated heterocycles. The Hall–Kier alpha value is -13.6. The number of imidazole rings is 1. The van der Waals surface area contributed by atoms with Gasteiger partial charge in [-0.3, -0.25) is 91.7 Å². The zero-order valence-corrected chi connectivity index (χ0v) is 79.5.